The smallest absolute Gasteiger partial charge is 0.248 e. The van der Waals surface area contributed by atoms with Gasteiger partial charge in [0, 0.05) is 50.7 Å². The van der Waals surface area contributed by atoms with Crippen molar-refractivity contribution in [2.24, 2.45) is 17.2 Å². The number of nitrogens with zero attached hydrogens (tertiary/aromatic N) is 1. The predicted octanol–water partition coefficient (Wildman–Crippen LogP) is -0.609. The Morgan fingerprint density at radius 2 is 1.54 bits per heavy atom. The summed E-state index contributed by atoms with van der Waals surface area (Å²) in [6.07, 6.45) is 1.57. The minimum Gasteiger partial charge on any atom is -0.492 e. The molecule has 17 nitrogen and oxygen atoms in total. The molecule has 0 aromatic heterocycles. The van der Waals surface area contributed by atoms with E-state index in [0.29, 0.717) is 59.7 Å². The van der Waals surface area contributed by atoms with Gasteiger partial charge in [0.2, 0.25) is 29.5 Å². The molecule has 1 heterocycles. The molecular formula is C39H59N9O8. The van der Waals surface area contributed by atoms with Gasteiger partial charge in [-0.2, -0.15) is 0 Å². The Hall–Kier alpha value is -5.10. The number of benzene rings is 2. The lowest BCUT2D eigenvalue weighted by atomic mass is 9.93. The van der Waals surface area contributed by atoms with Crippen molar-refractivity contribution in [2.45, 2.75) is 83.1 Å². The highest BCUT2D eigenvalue weighted by Gasteiger charge is 2.36. The fourth-order valence-corrected chi connectivity index (χ4v) is 6.13. The molecule has 2 aromatic rings. The van der Waals surface area contributed by atoms with Crippen LogP contribution >= 0.6 is 0 Å². The number of rotatable bonds is 19. The standard InChI is InChI=1S/C39H59N9O8/c1-23(25(3)49)44-37(52)31-21-26-9-11-32(55-18-15-41)28(20-26)29-22-27(10-12-33(29)56-19-16-42)35(38(53)45-24(2)36(51)47-31)48(5)39(54)30(8-6-7-14-40)46-34(50)13-17-43-4/h9-12,20,22-24,30-31,35,43H,6-8,13-19,21,40-42H2,1-5H3,(H,44,52)(H,45,53)(H,46,50)(H,47,51). The maximum Gasteiger partial charge on any atom is 0.248 e. The monoisotopic (exact) mass is 781 g/mol. The molecule has 17 heteroatoms. The lowest BCUT2D eigenvalue weighted by Crippen LogP contribution is -2.56. The van der Waals surface area contributed by atoms with Crippen LogP contribution in [0.15, 0.2) is 36.4 Å². The third-order valence-electron chi connectivity index (χ3n) is 9.36. The van der Waals surface area contributed by atoms with Crippen molar-refractivity contribution in [1.82, 2.24) is 31.5 Å². The number of Topliss-reactive ketones (excluding diaryl/α,β-unsaturated/α-hetero) is 1. The Balaban J connectivity index is 2.27. The van der Waals surface area contributed by atoms with Gasteiger partial charge in [0.05, 0.1) is 6.04 Å². The zero-order valence-corrected chi connectivity index (χ0v) is 33.1. The van der Waals surface area contributed by atoms with Crippen LogP contribution in [0, 0.1) is 0 Å². The molecule has 5 unspecified atom stereocenters. The summed E-state index contributed by atoms with van der Waals surface area (Å²) in [5.41, 5.74) is 19.3. The molecule has 1 aliphatic rings. The van der Waals surface area contributed by atoms with E-state index in [2.05, 4.69) is 26.6 Å². The summed E-state index contributed by atoms with van der Waals surface area (Å²) in [5, 5.41) is 13.9. The van der Waals surface area contributed by atoms with E-state index in [0.717, 1.165) is 0 Å². The second kappa shape index (κ2) is 22.5. The van der Waals surface area contributed by atoms with Gasteiger partial charge >= 0.3 is 0 Å². The summed E-state index contributed by atoms with van der Waals surface area (Å²) < 4.78 is 12.1. The molecule has 2 aromatic carbocycles. The largest absolute Gasteiger partial charge is 0.492 e. The van der Waals surface area contributed by atoms with Gasteiger partial charge in [0.1, 0.15) is 48.9 Å². The average Bonchev–Trinajstić information content (AvgIpc) is 3.17. The van der Waals surface area contributed by atoms with Crippen LogP contribution in [0.2, 0.25) is 0 Å². The van der Waals surface area contributed by atoms with E-state index in [-0.39, 0.29) is 57.3 Å². The van der Waals surface area contributed by atoms with E-state index in [9.17, 15) is 28.8 Å². The molecular weight excluding hydrogens is 722 g/mol. The zero-order chi connectivity index (χ0) is 41.4. The molecule has 0 aliphatic carbocycles. The van der Waals surface area contributed by atoms with Crippen LogP contribution in [0.25, 0.3) is 11.1 Å². The molecule has 4 bridgehead atoms. The molecule has 3 rings (SSSR count). The number of ether oxygens (including phenoxy) is 2. The van der Waals surface area contributed by atoms with Crippen LogP contribution in [0.3, 0.4) is 0 Å². The van der Waals surface area contributed by atoms with E-state index in [1.54, 1.807) is 50.4 Å². The highest BCUT2D eigenvalue weighted by atomic mass is 16.5. The van der Waals surface area contributed by atoms with Crippen LogP contribution in [-0.2, 0) is 35.2 Å². The number of hydrogen-bond donors (Lipinski definition) is 8. The van der Waals surface area contributed by atoms with E-state index >= 15 is 0 Å². The third kappa shape index (κ3) is 12.7. The highest BCUT2D eigenvalue weighted by molar-refractivity contribution is 5.97. The summed E-state index contributed by atoms with van der Waals surface area (Å²) in [4.78, 5) is 82.2. The van der Waals surface area contributed by atoms with Gasteiger partial charge in [-0.05, 0) is 89.0 Å². The number of hydrogen-bond acceptors (Lipinski definition) is 12. The van der Waals surface area contributed by atoms with Crippen molar-refractivity contribution in [1.29, 1.82) is 0 Å². The molecule has 0 fully saturated rings. The van der Waals surface area contributed by atoms with Crippen molar-refractivity contribution in [3.8, 4) is 22.6 Å². The minimum atomic E-state index is -1.32. The van der Waals surface area contributed by atoms with Crippen molar-refractivity contribution < 1.29 is 38.2 Å². The third-order valence-corrected chi connectivity index (χ3v) is 9.36. The second-order valence-electron chi connectivity index (χ2n) is 13.8. The summed E-state index contributed by atoms with van der Waals surface area (Å²) in [6, 6.07) is 4.82. The van der Waals surface area contributed by atoms with Gasteiger partial charge in [0.15, 0.2) is 5.78 Å². The van der Waals surface area contributed by atoms with Gasteiger partial charge in [-0.1, -0.05) is 12.1 Å². The van der Waals surface area contributed by atoms with Crippen LogP contribution in [0.5, 0.6) is 11.5 Å². The van der Waals surface area contributed by atoms with Crippen molar-refractivity contribution >= 4 is 35.3 Å². The minimum absolute atomic E-state index is 0.0111. The van der Waals surface area contributed by atoms with Gasteiger partial charge in [-0.25, -0.2) is 0 Å². The molecule has 11 N–H and O–H groups in total. The molecule has 0 radical (unpaired) electrons. The number of amides is 5. The van der Waals surface area contributed by atoms with Crippen LogP contribution in [-0.4, -0.2) is 118 Å². The fourth-order valence-electron chi connectivity index (χ4n) is 6.13. The highest BCUT2D eigenvalue weighted by Crippen LogP contribution is 2.40. The van der Waals surface area contributed by atoms with Gasteiger partial charge in [0.25, 0.3) is 0 Å². The van der Waals surface area contributed by atoms with Crippen molar-refractivity contribution in [3.63, 3.8) is 0 Å². The molecule has 0 saturated heterocycles. The molecule has 0 spiro atoms. The quantitative estimate of drug-likeness (QED) is 0.0831. The summed E-state index contributed by atoms with van der Waals surface area (Å²) in [7, 11) is 3.17. The second-order valence-corrected chi connectivity index (χ2v) is 13.8. The lowest BCUT2D eigenvalue weighted by Gasteiger charge is -2.33. The van der Waals surface area contributed by atoms with Crippen LogP contribution in [0.4, 0.5) is 0 Å². The Labute approximate surface area is 328 Å². The number of likely N-dealkylation sites (N-methyl/N-ethyl adjacent to an activating group) is 1. The number of unbranched alkanes of at least 4 members (excludes halogenated alkanes) is 1. The van der Waals surface area contributed by atoms with Crippen molar-refractivity contribution in [3.05, 3.63) is 47.5 Å². The number of fused-ring (bicyclic) bond motifs is 5. The normalized spacial score (nSPS) is 18.0. The van der Waals surface area contributed by atoms with Crippen LogP contribution < -0.4 is 53.3 Å². The zero-order valence-electron chi connectivity index (χ0n) is 33.1. The number of nitrogens with one attached hydrogen (secondary N) is 5. The lowest BCUT2D eigenvalue weighted by molar-refractivity contribution is -0.143. The Morgan fingerprint density at radius 3 is 2.14 bits per heavy atom. The fraction of sp³-hybridized carbons (Fsp3) is 0.538. The maximum absolute atomic E-state index is 14.4. The van der Waals surface area contributed by atoms with E-state index in [1.165, 1.54) is 25.8 Å². The van der Waals surface area contributed by atoms with Gasteiger partial charge in [-0.3, -0.25) is 28.8 Å². The first kappa shape index (κ1) is 45.3. The van der Waals surface area contributed by atoms with E-state index in [4.69, 9.17) is 26.7 Å². The molecule has 5 amide bonds. The number of ketones is 1. The van der Waals surface area contributed by atoms with Crippen LogP contribution in [0.1, 0.15) is 63.6 Å². The summed E-state index contributed by atoms with van der Waals surface area (Å²) in [6.45, 7) is 5.88. The number of nitrogens with two attached hydrogens (primary N) is 3. The predicted molar refractivity (Wildman–Crippen MR) is 211 cm³/mol. The first-order chi connectivity index (χ1) is 26.8. The molecule has 1 aliphatic heterocycles. The Morgan fingerprint density at radius 1 is 0.893 bits per heavy atom. The first-order valence-electron chi connectivity index (χ1n) is 19.0. The molecule has 5 atom stereocenters. The molecule has 56 heavy (non-hydrogen) atoms. The SMILES string of the molecule is CNCCC(=O)NC(CCCCN)C(=O)N(C)C1C(=O)NC(C)C(=O)NC(C(=O)NC(C)C(C)=O)Cc2ccc(OCCN)c(c2)-c2cc1ccc2OCCN. The first-order valence-corrected chi connectivity index (χ1v) is 19.0. The Bertz CT molecular complexity index is 1690. The van der Waals surface area contributed by atoms with Gasteiger partial charge < -0.3 is 58.2 Å². The summed E-state index contributed by atoms with van der Waals surface area (Å²) >= 11 is 0. The number of carbonyl (C=O) groups excluding carboxylic acids is 6. The Kier molecular flexibility index (Phi) is 18.2. The van der Waals surface area contributed by atoms with E-state index in [1.807, 2.05) is 0 Å². The average molecular weight is 782 g/mol. The number of carbonyl (C=O) groups is 6. The summed E-state index contributed by atoms with van der Waals surface area (Å²) in [5.74, 6) is -2.32. The maximum atomic E-state index is 14.4. The van der Waals surface area contributed by atoms with E-state index < -0.39 is 53.8 Å². The van der Waals surface area contributed by atoms with Crippen molar-refractivity contribution in [2.75, 3.05) is 53.5 Å². The molecule has 0 saturated carbocycles. The molecule has 308 valence electrons. The topological polar surface area (TPSA) is 262 Å². The van der Waals surface area contributed by atoms with Gasteiger partial charge in [-0.15, -0.1) is 0 Å².